The van der Waals surface area contributed by atoms with E-state index in [1.54, 1.807) is 0 Å². The van der Waals surface area contributed by atoms with Gasteiger partial charge in [-0.3, -0.25) is 0 Å². The lowest BCUT2D eigenvalue weighted by Crippen LogP contribution is -2.80. The number of thiocarbonyl (C=S) groups is 1. The first-order valence-corrected chi connectivity index (χ1v) is 13.8. The summed E-state index contributed by atoms with van der Waals surface area (Å²) >= 11 is 18.6. The first kappa shape index (κ1) is 25.4. The van der Waals surface area contributed by atoms with E-state index in [9.17, 15) is 10.5 Å². The molecule has 7 nitrogen and oxygen atoms in total. The molecule has 194 valence electrons. The van der Waals surface area contributed by atoms with E-state index in [2.05, 4.69) is 33.9 Å². The SMILES string of the molecule is CN1CCC2(CC1)C1(C#N)CN(c3ccc(Cl)cc3)CC2(C#N)C2=NCN(c3ccc(Cl)cc3)CN2C1=S. The fourth-order valence-electron chi connectivity index (χ4n) is 7.01. The van der Waals surface area contributed by atoms with Gasteiger partial charge in [0.1, 0.15) is 28.3 Å². The Morgan fingerprint density at radius 2 is 1.37 bits per heavy atom. The van der Waals surface area contributed by atoms with Gasteiger partial charge < -0.3 is 19.6 Å². The molecule has 2 bridgehead atoms. The summed E-state index contributed by atoms with van der Waals surface area (Å²) in [7, 11) is 2.09. The van der Waals surface area contributed by atoms with Crippen LogP contribution in [0.5, 0.6) is 0 Å². The lowest BCUT2D eigenvalue weighted by atomic mass is 9.43. The second-order valence-electron chi connectivity index (χ2n) is 10.8. The van der Waals surface area contributed by atoms with Crippen LogP contribution in [0.25, 0.3) is 0 Å². The summed E-state index contributed by atoms with van der Waals surface area (Å²) in [6, 6.07) is 20.7. The van der Waals surface area contributed by atoms with Gasteiger partial charge in [0.25, 0.3) is 0 Å². The Hall–Kier alpha value is -2.88. The topological polar surface area (TPSA) is 72.9 Å². The van der Waals surface area contributed by atoms with Crippen molar-refractivity contribution in [2.24, 2.45) is 21.2 Å². The van der Waals surface area contributed by atoms with Gasteiger partial charge in [0, 0.05) is 39.9 Å². The second kappa shape index (κ2) is 9.10. The van der Waals surface area contributed by atoms with E-state index >= 15 is 0 Å². The van der Waals surface area contributed by atoms with Crippen molar-refractivity contribution in [1.82, 2.24) is 9.80 Å². The van der Waals surface area contributed by atoms with Crippen LogP contribution in [0, 0.1) is 38.9 Å². The summed E-state index contributed by atoms with van der Waals surface area (Å²) in [5, 5.41) is 23.5. The minimum absolute atomic E-state index is 0.399. The molecule has 4 aliphatic heterocycles. The third-order valence-electron chi connectivity index (χ3n) is 9.05. The summed E-state index contributed by atoms with van der Waals surface area (Å²) in [5.41, 5.74) is -0.792. The van der Waals surface area contributed by atoms with E-state index in [0.29, 0.717) is 60.1 Å². The van der Waals surface area contributed by atoms with Crippen molar-refractivity contribution in [2.45, 2.75) is 12.8 Å². The lowest BCUT2D eigenvalue weighted by Gasteiger charge is -2.68. The number of hydrogen-bond acceptors (Lipinski definition) is 7. The molecular formula is C28H27Cl2N7S. The van der Waals surface area contributed by atoms with Gasteiger partial charge in [0.2, 0.25) is 0 Å². The smallest absolute Gasteiger partial charge is 0.140 e. The molecule has 0 radical (unpaired) electrons. The molecule has 4 heterocycles. The van der Waals surface area contributed by atoms with Crippen molar-refractivity contribution in [1.29, 1.82) is 10.5 Å². The molecule has 0 amide bonds. The van der Waals surface area contributed by atoms with E-state index in [-0.39, 0.29) is 0 Å². The number of nitriles is 2. The number of likely N-dealkylation sites (tertiary alicyclic amines) is 1. The van der Waals surface area contributed by atoms with E-state index in [1.807, 2.05) is 53.4 Å². The Labute approximate surface area is 238 Å². The van der Waals surface area contributed by atoms with Crippen molar-refractivity contribution in [3.05, 3.63) is 58.6 Å². The van der Waals surface area contributed by atoms with Crippen molar-refractivity contribution < 1.29 is 0 Å². The molecule has 2 atom stereocenters. The molecular weight excluding hydrogens is 537 g/mol. The first-order valence-electron chi connectivity index (χ1n) is 12.7. The molecule has 38 heavy (non-hydrogen) atoms. The molecule has 2 unspecified atom stereocenters. The molecule has 6 rings (SSSR count). The average molecular weight is 565 g/mol. The summed E-state index contributed by atoms with van der Waals surface area (Å²) in [5.74, 6) is 0.698. The van der Waals surface area contributed by atoms with Crippen molar-refractivity contribution in [3.8, 4) is 12.1 Å². The maximum absolute atomic E-state index is 11.1. The zero-order chi connectivity index (χ0) is 26.7. The van der Waals surface area contributed by atoms with Gasteiger partial charge in [-0.2, -0.15) is 10.5 Å². The highest BCUT2D eigenvalue weighted by Gasteiger charge is 2.76. The minimum Gasteiger partial charge on any atom is -0.367 e. The quantitative estimate of drug-likeness (QED) is 0.475. The number of fused-ring (bicyclic) bond motifs is 2. The van der Waals surface area contributed by atoms with Crippen LogP contribution < -0.4 is 9.80 Å². The number of aliphatic imine (C=N–C) groups is 1. The summed E-state index contributed by atoms with van der Waals surface area (Å²) < 4.78 is 0. The highest BCUT2D eigenvalue weighted by molar-refractivity contribution is 7.80. The zero-order valence-electron chi connectivity index (χ0n) is 21.1. The Morgan fingerprint density at radius 3 is 1.92 bits per heavy atom. The summed E-state index contributed by atoms with van der Waals surface area (Å²) in [4.78, 5) is 14.1. The predicted octanol–water partition coefficient (Wildman–Crippen LogP) is 5.02. The van der Waals surface area contributed by atoms with Crippen LogP contribution in [0.3, 0.4) is 0 Å². The van der Waals surface area contributed by atoms with Crippen molar-refractivity contribution >= 4 is 57.6 Å². The van der Waals surface area contributed by atoms with Crippen LogP contribution in [0.1, 0.15) is 12.8 Å². The van der Waals surface area contributed by atoms with Gasteiger partial charge in [-0.15, -0.1) is 0 Å². The van der Waals surface area contributed by atoms with E-state index in [0.717, 1.165) is 24.5 Å². The number of halogens is 2. The average Bonchev–Trinajstić information content (AvgIpc) is 2.94. The third kappa shape index (κ3) is 3.41. The molecule has 3 fully saturated rings. The maximum Gasteiger partial charge on any atom is 0.140 e. The number of rotatable bonds is 2. The van der Waals surface area contributed by atoms with Crippen LogP contribution in [0.2, 0.25) is 10.0 Å². The largest absolute Gasteiger partial charge is 0.367 e. The number of amidine groups is 1. The Kier molecular flexibility index (Phi) is 6.09. The van der Waals surface area contributed by atoms with Crippen LogP contribution >= 0.6 is 35.4 Å². The summed E-state index contributed by atoms with van der Waals surface area (Å²) in [6.07, 6.45) is 1.43. The highest BCUT2D eigenvalue weighted by atomic mass is 35.5. The van der Waals surface area contributed by atoms with Gasteiger partial charge in [-0.25, -0.2) is 4.99 Å². The normalized spacial score (nSPS) is 28.4. The fraction of sp³-hybridized carbons (Fsp3) is 0.429. The first-order chi connectivity index (χ1) is 18.3. The van der Waals surface area contributed by atoms with Gasteiger partial charge in [-0.05, 0) is 81.5 Å². The molecule has 3 saturated heterocycles. The third-order valence-corrected chi connectivity index (χ3v) is 10.1. The molecule has 0 aliphatic carbocycles. The van der Waals surface area contributed by atoms with Crippen molar-refractivity contribution in [2.75, 3.05) is 56.4 Å². The Bertz CT molecular complexity index is 1390. The highest BCUT2D eigenvalue weighted by Crippen LogP contribution is 2.66. The van der Waals surface area contributed by atoms with E-state index in [4.69, 9.17) is 40.4 Å². The number of piperidine rings is 3. The monoisotopic (exact) mass is 563 g/mol. The van der Waals surface area contributed by atoms with Crippen LogP contribution in [0.15, 0.2) is 53.5 Å². The number of hydrogen-bond donors (Lipinski definition) is 0. The minimum atomic E-state index is -1.04. The zero-order valence-corrected chi connectivity index (χ0v) is 23.4. The molecule has 0 saturated carbocycles. The molecule has 1 spiro atoms. The standard InChI is InChI=1S/C28H27Cl2N7S/c1-34-12-10-28(11-13-34)26(14-31)16-35(22-6-2-20(29)3-7-22)17-27(28,15-32)25(38)37-19-36(18-33-24(26)37)23-8-4-21(30)5-9-23/h2-9H,10-13,16-19H2,1H3. The Morgan fingerprint density at radius 1 is 0.842 bits per heavy atom. The Balaban J connectivity index is 1.52. The van der Waals surface area contributed by atoms with Crippen molar-refractivity contribution in [3.63, 3.8) is 0 Å². The van der Waals surface area contributed by atoms with E-state index in [1.165, 1.54) is 0 Å². The molecule has 4 aliphatic rings. The number of anilines is 2. The number of nitrogens with zero attached hydrogens (tertiary/aromatic N) is 7. The van der Waals surface area contributed by atoms with Gasteiger partial charge >= 0.3 is 0 Å². The fourth-order valence-corrected chi connectivity index (χ4v) is 7.72. The molecule has 0 aromatic heterocycles. The van der Waals surface area contributed by atoms with Crippen LogP contribution in [-0.4, -0.2) is 67.2 Å². The van der Waals surface area contributed by atoms with E-state index < -0.39 is 16.2 Å². The molecule has 2 aromatic rings. The molecule has 10 heteroatoms. The van der Waals surface area contributed by atoms with Gasteiger partial charge in [0.15, 0.2) is 0 Å². The van der Waals surface area contributed by atoms with Gasteiger partial charge in [-0.1, -0.05) is 35.4 Å². The van der Waals surface area contributed by atoms with Crippen LogP contribution in [-0.2, 0) is 0 Å². The maximum atomic E-state index is 11.1. The molecule has 2 aromatic carbocycles. The number of benzene rings is 2. The van der Waals surface area contributed by atoms with Crippen LogP contribution in [0.4, 0.5) is 11.4 Å². The van der Waals surface area contributed by atoms with Gasteiger partial charge in [0.05, 0.1) is 18.8 Å². The second-order valence-corrected chi connectivity index (χ2v) is 12.0. The molecule has 0 N–H and O–H groups in total. The summed E-state index contributed by atoms with van der Waals surface area (Å²) in [6.45, 7) is 3.30. The predicted molar refractivity (Wildman–Crippen MR) is 154 cm³/mol. The lowest BCUT2D eigenvalue weighted by molar-refractivity contribution is -0.0395.